The average Bonchev–Trinajstić information content (AvgIpc) is 2.71. The molecule has 0 heterocycles. The van der Waals surface area contributed by atoms with E-state index in [2.05, 4.69) is 0 Å². The summed E-state index contributed by atoms with van der Waals surface area (Å²) in [5.74, 6) is -8.52. The molecule has 33 heavy (non-hydrogen) atoms. The van der Waals surface area contributed by atoms with Gasteiger partial charge in [0.05, 0.1) is 0 Å². The van der Waals surface area contributed by atoms with Crippen molar-refractivity contribution in [3.05, 3.63) is 66.2 Å². The second-order valence-corrected chi connectivity index (χ2v) is 7.24. The van der Waals surface area contributed by atoms with Crippen molar-refractivity contribution < 1.29 is 40.7 Å². The average molecular weight is 474 g/mol. The van der Waals surface area contributed by atoms with E-state index in [4.69, 9.17) is 0 Å². The maximum absolute atomic E-state index is 14.0. The summed E-state index contributed by atoms with van der Waals surface area (Å²) in [5.41, 5.74) is -4.75. The molecule has 2 aromatic carbocycles. The molecular formula is C22H20F6N2O3. The van der Waals surface area contributed by atoms with Crippen LogP contribution in [0.3, 0.4) is 0 Å². The lowest BCUT2D eigenvalue weighted by atomic mass is 9.78. The molecule has 2 aromatic rings. The number of carbonyl (C=O) groups excluding carboxylic acids is 3. The Bertz CT molecular complexity index is 961. The third-order valence-electron chi connectivity index (χ3n) is 4.86. The van der Waals surface area contributed by atoms with E-state index >= 15 is 0 Å². The van der Waals surface area contributed by atoms with Crippen LogP contribution in [0.4, 0.5) is 32.0 Å². The number of nitrogens with one attached hydrogen (secondary N) is 2. The smallest absolute Gasteiger partial charge is 0.334 e. The minimum Gasteiger partial charge on any atom is -0.334 e. The van der Waals surface area contributed by atoms with E-state index in [0.717, 1.165) is 5.32 Å². The fourth-order valence-electron chi connectivity index (χ4n) is 3.31. The third-order valence-corrected chi connectivity index (χ3v) is 4.86. The van der Waals surface area contributed by atoms with Gasteiger partial charge < -0.3 is 10.6 Å². The van der Waals surface area contributed by atoms with E-state index in [0.29, 0.717) is 12.5 Å². The molecule has 0 bridgehead atoms. The Morgan fingerprint density at radius 2 is 1.30 bits per heavy atom. The van der Waals surface area contributed by atoms with Crippen LogP contribution in [-0.2, 0) is 20.8 Å². The number of benzene rings is 2. The Labute approximate surface area is 185 Å². The molecule has 11 heteroatoms. The number of amides is 2. The minimum atomic E-state index is -6.22. The van der Waals surface area contributed by atoms with Gasteiger partial charge in [0.25, 0.3) is 5.54 Å². The number of carbonyl (C=O) groups is 3. The van der Waals surface area contributed by atoms with Crippen LogP contribution >= 0.6 is 0 Å². The summed E-state index contributed by atoms with van der Waals surface area (Å²) in [6.45, 7) is 0.428. The van der Waals surface area contributed by atoms with Gasteiger partial charge >= 0.3 is 12.4 Å². The van der Waals surface area contributed by atoms with Crippen LogP contribution < -0.4 is 10.6 Å². The maximum Gasteiger partial charge on any atom is 0.421 e. The molecule has 1 atom stereocenters. The monoisotopic (exact) mass is 474 g/mol. The molecule has 1 unspecified atom stereocenters. The molecule has 0 aromatic heterocycles. The molecule has 5 nitrogen and oxygen atoms in total. The van der Waals surface area contributed by atoms with Crippen molar-refractivity contribution in [1.82, 2.24) is 5.32 Å². The Morgan fingerprint density at radius 3 is 1.76 bits per heavy atom. The Kier molecular flexibility index (Phi) is 7.89. The molecule has 0 fully saturated rings. The van der Waals surface area contributed by atoms with Gasteiger partial charge in [-0.05, 0) is 31.0 Å². The van der Waals surface area contributed by atoms with E-state index in [1.54, 1.807) is 30.3 Å². The van der Waals surface area contributed by atoms with Crippen molar-refractivity contribution >= 4 is 23.3 Å². The zero-order valence-corrected chi connectivity index (χ0v) is 17.3. The van der Waals surface area contributed by atoms with E-state index in [9.17, 15) is 40.7 Å². The van der Waals surface area contributed by atoms with Gasteiger partial charge in [-0.1, -0.05) is 48.5 Å². The van der Waals surface area contributed by atoms with E-state index < -0.39 is 47.8 Å². The van der Waals surface area contributed by atoms with Crippen molar-refractivity contribution in [2.45, 2.75) is 37.7 Å². The molecule has 0 saturated heterocycles. The summed E-state index contributed by atoms with van der Waals surface area (Å²) in [6, 6.07) is 14.6. The number of alkyl halides is 6. The fraction of sp³-hybridized carbons (Fsp3) is 0.318. The van der Waals surface area contributed by atoms with E-state index in [1.807, 2.05) is 5.32 Å². The maximum atomic E-state index is 14.0. The quantitative estimate of drug-likeness (QED) is 0.439. The summed E-state index contributed by atoms with van der Waals surface area (Å²) < 4.78 is 84.2. The number of aryl methyl sites for hydroxylation is 1. The Morgan fingerprint density at radius 1 is 0.818 bits per heavy atom. The van der Waals surface area contributed by atoms with Crippen LogP contribution in [0.15, 0.2) is 60.7 Å². The second kappa shape index (κ2) is 10.1. The number of Topliss-reactive ketones (excluding diaryl/α,β-unsaturated/α-hetero) is 1. The summed E-state index contributed by atoms with van der Waals surface area (Å²) in [6.07, 6.45) is -13.3. The normalized spacial score (nSPS) is 13.2. The Hall–Kier alpha value is -3.37. The minimum absolute atomic E-state index is 0.123. The lowest BCUT2D eigenvalue weighted by Gasteiger charge is -2.41. The van der Waals surface area contributed by atoms with Gasteiger partial charge in [0.2, 0.25) is 11.8 Å². The highest BCUT2D eigenvalue weighted by molar-refractivity contribution is 6.08. The second-order valence-electron chi connectivity index (χ2n) is 7.24. The Balaban J connectivity index is 2.46. The number of para-hydroxylation sites is 1. The predicted octanol–water partition coefficient (Wildman–Crippen LogP) is 4.44. The fourth-order valence-corrected chi connectivity index (χ4v) is 3.31. The zero-order chi connectivity index (χ0) is 24.9. The van der Waals surface area contributed by atoms with Gasteiger partial charge in [-0.25, -0.2) is 0 Å². The summed E-state index contributed by atoms with van der Waals surface area (Å²) in [5, 5.41) is 2.85. The standard InChI is InChI=1S/C22H20F6N2O3/c1-14(31)18(19(33)29-16-10-6-3-7-11-16)20(21(23,24)25,22(26,27)28)30-17(32)13-12-15-8-4-2-5-9-15/h2-11,18H,12-13H2,1H3,(H,29,33)(H,30,32). The van der Waals surface area contributed by atoms with Crippen LogP contribution in [0.25, 0.3) is 0 Å². The molecule has 178 valence electrons. The molecule has 0 aliphatic carbocycles. The first-order valence-electron chi connectivity index (χ1n) is 9.64. The molecular weight excluding hydrogens is 454 g/mol. The van der Waals surface area contributed by atoms with Crippen molar-refractivity contribution in [3.8, 4) is 0 Å². The number of rotatable bonds is 8. The molecule has 2 rings (SSSR count). The van der Waals surface area contributed by atoms with Crippen LogP contribution in [0, 0.1) is 5.92 Å². The topological polar surface area (TPSA) is 75.3 Å². The highest BCUT2D eigenvalue weighted by Crippen LogP contribution is 2.48. The lowest BCUT2D eigenvalue weighted by Crippen LogP contribution is -2.74. The highest BCUT2D eigenvalue weighted by atomic mass is 19.4. The molecule has 2 N–H and O–H groups in total. The number of anilines is 1. The number of ketones is 1. The lowest BCUT2D eigenvalue weighted by molar-refractivity contribution is -0.314. The van der Waals surface area contributed by atoms with Crippen molar-refractivity contribution in [2.75, 3.05) is 5.32 Å². The largest absolute Gasteiger partial charge is 0.421 e. The van der Waals surface area contributed by atoms with Crippen LogP contribution in [0.1, 0.15) is 18.9 Å². The van der Waals surface area contributed by atoms with Crippen LogP contribution in [0.5, 0.6) is 0 Å². The summed E-state index contributed by atoms with van der Waals surface area (Å²) in [7, 11) is 0. The van der Waals surface area contributed by atoms with Crippen molar-refractivity contribution in [3.63, 3.8) is 0 Å². The van der Waals surface area contributed by atoms with Crippen molar-refractivity contribution in [2.24, 2.45) is 5.92 Å². The first-order valence-corrected chi connectivity index (χ1v) is 9.64. The summed E-state index contributed by atoms with van der Waals surface area (Å²) in [4.78, 5) is 36.9. The van der Waals surface area contributed by atoms with Gasteiger partial charge in [-0.2, -0.15) is 26.3 Å². The number of hydrogen-bond acceptors (Lipinski definition) is 3. The first-order chi connectivity index (χ1) is 15.3. The van der Waals surface area contributed by atoms with Crippen LogP contribution in [-0.4, -0.2) is 35.5 Å². The molecule has 0 radical (unpaired) electrons. The molecule has 0 spiro atoms. The van der Waals surface area contributed by atoms with Gasteiger partial charge in [-0.3, -0.25) is 14.4 Å². The zero-order valence-electron chi connectivity index (χ0n) is 17.3. The summed E-state index contributed by atoms with van der Waals surface area (Å²) >= 11 is 0. The SMILES string of the molecule is CC(=O)C(C(=O)Nc1ccccc1)C(NC(=O)CCc1ccccc1)(C(F)(F)F)C(F)(F)F. The highest BCUT2D eigenvalue weighted by Gasteiger charge is 2.77. The van der Waals surface area contributed by atoms with Gasteiger partial charge in [-0.15, -0.1) is 0 Å². The van der Waals surface area contributed by atoms with Gasteiger partial charge in [0.1, 0.15) is 11.7 Å². The molecule has 0 aliphatic heterocycles. The molecule has 2 amide bonds. The number of halogens is 6. The predicted molar refractivity (Wildman–Crippen MR) is 107 cm³/mol. The molecule has 0 aliphatic rings. The van der Waals surface area contributed by atoms with Gasteiger partial charge in [0, 0.05) is 12.1 Å². The van der Waals surface area contributed by atoms with E-state index in [-0.39, 0.29) is 12.1 Å². The third kappa shape index (κ3) is 5.91. The molecule has 0 saturated carbocycles. The van der Waals surface area contributed by atoms with Crippen molar-refractivity contribution in [1.29, 1.82) is 0 Å². The number of hydrogen-bond donors (Lipinski definition) is 2. The van der Waals surface area contributed by atoms with Crippen LogP contribution in [0.2, 0.25) is 0 Å². The van der Waals surface area contributed by atoms with Gasteiger partial charge in [0.15, 0.2) is 0 Å². The van der Waals surface area contributed by atoms with E-state index in [1.165, 1.54) is 30.3 Å². The first kappa shape index (κ1) is 25.9.